The van der Waals surface area contributed by atoms with Crippen LogP contribution in [0.15, 0.2) is 85.3 Å². The number of methoxy groups -OCH3 is 1. The molecule has 1 aliphatic heterocycles. The summed E-state index contributed by atoms with van der Waals surface area (Å²) in [6.07, 6.45) is 3.88. The van der Waals surface area contributed by atoms with Crippen molar-refractivity contribution in [3.63, 3.8) is 0 Å². The maximum Gasteiger partial charge on any atom is 0.150 e. The molecular weight excluding hydrogens is 458 g/mol. The van der Waals surface area contributed by atoms with E-state index in [1.54, 1.807) is 13.4 Å². The molecule has 0 aliphatic carbocycles. The van der Waals surface area contributed by atoms with Crippen molar-refractivity contribution in [1.29, 1.82) is 0 Å². The largest absolute Gasteiger partial charge is 0.497 e. The molecule has 0 atom stereocenters. The summed E-state index contributed by atoms with van der Waals surface area (Å²) in [5.41, 5.74) is 8.28. The standard InChI is InChI=1S/C31H31N5O/c1-22-8-7-11-28(23(22)2)34-16-18-35(19-17-34)30-29-27(24-9-5-4-6-10-24)20-36(31(29)33-21-32-30)25-12-14-26(37-3)15-13-25/h4-15,20-21H,16-19H2,1-3H3. The highest BCUT2D eigenvalue weighted by molar-refractivity contribution is 6.02. The van der Waals surface area contributed by atoms with E-state index in [0.717, 1.165) is 65.6 Å². The molecule has 37 heavy (non-hydrogen) atoms. The number of anilines is 2. The van der Waals surface area contributed by atoms with Crippen molar-refractivity contribution < 1.29 is 4.74 Å². The molecule has 2 aromatic heterocycles. The smallest absolute Gasteiger partial charge is 0.150 e. The zero-order valence-electron chi connectivity index (χ0n) is 21.6. The minimum absolute atomic E-state index is 0.834. The van der Waals surface area contributed by atoms with E-state index in [1.807, 2.05) is 12.1 Å². The molecule has 3 aromatic carbocycles. The van der Waals surface area contributed by atoms with Gasteiger partial charge in [0, 0.05) is 49.3 Å². The van der Waals surface area contributed by atoms with Crippen LogP contribution in [-0.2, 0) is 0 Å². The summed E-state index contributed by atoms with van der Waals surface area (Å²) < 4.78 is 7.54. The Bertz CT molecular complexity index is 1530. The SMILES string of the molecule is COc1ccc(-n2cc(-c3ccccc3)c3c(N4CCN(c5cccc(C)c5C)CC4)ncnc32)cc1. The van der Waals surface area contributed by atoms with Crippen molar-refractivity contribution in [1.82, 2.24) is 14.5 Å². The van der Waals surface area contributed by atoms with Crippen molar-refractivity contribution in [2.24, 2.45) is 0 Å². The van der Waals surface area contributed by atoms with Gasteiger partial charge in [0.1, 0.15) is 17.9 Å². The summed E-state index contributed by atoms with van der Waals surface area (Å²) in [6.45, 7) is 8.12. The van der Waals surface area contributed by atoms with Crippen LogP contribution < -0.4 is 14.5 Å². The minimum atomic E-state index is 0.834. The first kappa shape index (κ1) is 23.1. The topological polar surface area (TPSA) is 46.4 Å². The monoisotopic (exact) mass is 489 g/mol. The highest BCUT2D eigenvalue weighted by Gasteiger charge is 2.25. The Morgan fingerprint density at radius 1 is 0.757 bits per heavy atom. The Hall–Kier alpha value is -4.32. The van der Waals surface area contributed by atoms with E-state index >= 15 is 0 Å². The molecular formula is C31H31N5O. The molecule has 6 heteroatoms. The Balaban J connectivity index is 1.41. The second-order valence-corrected chi connectivity index (χ2v) is 9.57. The van der Waals surface area contributed by atoms with Gasteiger partial charge in [-0.15, -0.1) is 0 Å². The van der Waals surface area contributed by atoms with E-state index < -0.39 is 0 Å². The molecule has 0 saturated carbocycles. The Morgan fingerprint density at radius 2 is 1.49 bits per heavy atom. The minimum Gasteiger partial charge on any atom is -0.497 e. The third-order valence-corrected chi connectivity index (χ3v) is 7.49. The number of hydrogen-bond acceptors (Lipinski definition) is 5. The highest BCUT2D eigenvalue weighted by atomic mass is 16.5. The van der Waals surface area contributed by atoms with Gasteiger partial charge in [-0.25, -0.2) is 9.97 Å². The van der Waals surface area contributed by atoms with Gasteiger partial charge in [-0.3, -0.25) is 0 Å². The van der Waals surface area contributed by atoms with Gasteiger partial charge < -0.3 is 19.1 Å². The number of benzene rings is 3. The van der Waals surface area contributed by atoms with Crippen LogP contribution in [0.1, 0.15) is 11.1 Å². The first-order chi connectivity index (χ1) is 18.1. The van der Waals surface area contributed by atoms with Crippen molar-refractivity contribution in [3.8, 4) is 22.6 Å². The molecule has 0 radical (unpaired) electrons. The number of hydrogen-bond donors (Lipinski definition) is 0. The predicted molar refractivity (Wildman–Crippen MR) is 151 cm³/mol. The van der Waals surface area contributed by atoms with Gasteiger partial charge in [0.15, 0.2) is 5.65 Å². The summed E-state index contributed by atoms with van der Waals surface area (Å²) in [5, 5.41) is 1.09. The maximum atomic E-state index is 5.37. The van der Waals surface area contributed by atoms with E-state index in [1.165, 1.54) is 16.8 Å². The third-order valence-electron chi connectivity index (χ3n) is 7.49. The lowest BCUT2D eigenvalue weighted by Gasteiger charge is -2.37. The van der Waals surface area contributed by atoms with Gasteiger partial charge in [-0.05, 0) is 60.9 Å². The highest BCUT2D eigenvalue weighted by Crippen LogP contribution is 2.37. The lowest BCUT2D eigenvalue weighted by Crippen LogP contribution is -2.47. The Morgan fingerprint density at radius 3 is 2.22 bits per heavy atom. The van der Waals surface area contributed by atoms with Gasteiger partial charge in [0.2, 0.25) is 0 Å². The van der Waals surface area contributed by atoms with Crippen LogP contribution in [-0.4, -0.2) is 47.8 Å². The van der Waals surface area contributed by atoms with E-state index in [0.29, 0.717) is 0 Å². The molecule has 0 spiro atoms. The zero-order chi connectivity index (χ0) is 25.4. The molecule has 3 heterocycles. The van der Waals surface area contributed by atoms with Crippen LogP contribution in [0, 0.1) is 13.8 Å². The zero-order valence-corrected chi connectivity index (χ0v) is 21.6. The van der Waals surface area contributed by atoms with Crippen molar-refractivity contribution in [2.45, 2.75) is 13.8 Å². The number of piperazine rings is 1. The third kappa shape index (κ3) is 4.18. The summed E-state index contributed by atoms with van der Waals surface area (Å²) >= 11 is 0. The number of aryl methyl sites for hydroxylation is 1. The molecule has 1 aliphatic rings. The summed E-state index contributed by atoms with van der Waals surface area (Å²) in [6, 6.07) is 25.2. The van der Waals surface area contributed by atoms with Crippen LogP contribution in [0.25, 0.3) is 27.8 Å². The Labute approximate surface area is 217 Å². The molecule has 0 amide bonds. The molecule has 6 nitrogen and oxygen atoms in total. The fourth-order valence-corrected chi connectivity index (χ4v) is 5.30. The van der Waals surface area contributed by atoms with Crippen LogP contribution in [0.5, 0.6) is 5.75 Å². The second-order valence-electron chi connectivity index (χ2n) is 9.57. The predicted octanol–water partition coefficient (Wildman–Crippen LogP) is 6.04. The van der Waals surface area contributed by atoms with E-state index in [-0.39, 0.29) is 0 Å². The van der Waals surface area contributed by atoms with Crippen LogP contribution in [0.3, 0.4) is 0 Å². The quantitative estimate of drug-likeness (QED) is 0.301. The molecule has 6 rings (SSSR count). The number of rotatable bonds is 5. The second kappa shape index (κ2) is 9.62. The first-order valence-corrected chi connectivity index (χ1v) is 12.8. The molecule has 1 saturated heterocycles. The molecule has 186 valence electrons. The van der Waals surface area contributed by atoms with E-state index in [2.05, 4.69) is 95.1 Å². The number of aromatic nitrogens is 3. The van der Waals surface area contributed by atoms with Gasteiger partial charge in [0.25, 0.3) is 0 Å². The fraction of sp³-hybridized carbons (Fsp3) is 0.226. The number of fused-ring (bicyclic) bond motifs is 1. The van der Waals surface area contributed by atoms with Crippen LogP contribution in [0.2, 0.25) is 0 Å². The maximum absolute atomic E-state index is 5.37. The Kier molecular flexibility index (Phi) is 6.01. The van der Waals surface area contributed by atoms with Gasteiger partial charge >= 0.3 is 0 Å². The van der Waals surface area contributed by atoms with Gasteiger partial charge in [0.05, 0.1) is 12.5 Å². The molecule has 0 bridgehead atoms. The average Bonchev–Trinajstić information content (AvgIpc) is 3.35. The van der Waals surface area contributed by atoms with Gasteiger partial charge in [-0.2, -0.15) is 0 Å². The van der Waals surface area contributed by atoms with E-state index in [9.17, 15) is 0 Å². The molecule has 0 unspecified atom stereocenters. The summed E-state index contributed by atoms with van der Waals surface area (Å²) in [7, 11) is 1.69. The normalized spacial score (nSPS) is 13.8. The van der Waals surface area contributed by atoms with Gasteiger partial charge in [-0.1, -0.05) is 42.5 Å². The molecule has 5 aromatic rings. The van der Waals surface area contributed by atoms with E-state index in [4.69, 9.17) is 14.7 Å². The summed E-state index contributed by atoms with van der Waals surface area (Å²) in [4.78, 5) is 14.5. The number of nitrogens with zero attached hydrogens (tertiary/aromatic N) is 5. The lowest BCUT2D eigenvalue weighted by molar-refractivity contribution is 0.415. The molecule has 0 N–H and O–H groups in total. The van der Waals surface area contributed by atoms with Crippen LogP contribution in [0.4, 0.5) is 11.5 Å². The lowest BCUT2D eigenvalue weighted by atomic mass is 10.1. The fourth-order valence-electron chi connectivity index (χ4n) is 5.30. The average molecular weight is 490 g/mol. The summed E-state index contributed by atoms with van der Waals surface area (Å²) in [5.74, 6) is 1.83. The van der Waals surface area contributed by atoms with Crippen molar-refractivity contribution >= 4 is 22.5 Å². The molecule has 1 fully saturated rings. The van der Waals surface area contributed by atoms with Crippen molar-refractivity contribution in [3.05, 3.63) is 96.4 Å². The van der Waals surface area contributed by atoms with Crippen LogP contribution >= 0.6 is 0 Å². The van der Waals surface area contributed by atoms with Crippen molar-refractivity contribution in [2.75, 3.05) is 43.1 Å². The number of ether oxygens (including phenoxy) is 1. The first-order valence-electron chi connectivity index (χ1n) is 12.8.